The second-order valence-electron chi connectivity index (χ2n) is 6.90. The van der Waals surface area contributed by atoms with E-state index in [0.717, 1.165) is 18.8 Å². The van der Waals surface area contributed by atoms with Crippen LogP contribution in [-0.2, 0) is 0 Å². The van der Waals surface area contributed by atoms with E-state index in [1.807, 2.05) is 37.8 Å². The van der Waals surface area contributed by atoms with Gasteiger partial charge in [-0.25, -0.2) is 0 Å². The standard InChI is InChI=1S/C23H30N2O5/c1-4-28-20-15-17(16-21(29-5-2)22(20)30-6-3)23(27)25-13-11-24(12-14-25)18-7-9-19(26)10-8-18/h7-10,15-16,26H,4-6,11-14H2,1-3H3. The molecule has 0 spiro atoms. The summed E-state index contributed by atoms with van der Waals surface area (Å²) in [5, 5.41) is 9.47. The van der Waals surface area contributed by atoms with E-state index in [4.69, 9.17) is 14.2 Å². The van der Waals surface area contributed by atoms with Crippen molar-refractivity contribution in [3.05, 3.63) is 42.0 Å². The Bertz CT molecular complexity index is 818. The molecule has 0 unspecified atom stereocenters. The van der Waals surface area contributed by atoms with Crippen LogP contribution in [0.25, 0.3) is 0 Å². The van der Waals surface area contributed by atoms with Gasteiger partial charge in [-0.3, -0.25) is 4.79 Å². The number of anilines is 1. The average molecular weight is 415 g/mol. The lowest BCUT2D eigenvalue weighted by Gasteiger charge is -2.36. The van der Waals surface area contributed by atoms with E-state index in [1.54, 1.807) is 24.3 Å². The van der Waals surface area contributed by atoms with Crippen LogP contribution < -0.4 is 19.1 Å². The molecule has 3 rings (SSSR count). The van der Waals surface area contributed by atoms with Gasteiger partial charge < -0.3 is 29.1 Å². The Labute approximate surface area is 177 Å². The van der Waals surface area contributed by atoms with Crippen LogP contribution in [0.2, 0.25) is 0 Å². The number of piperazine rings is 1. The molecule has 1 amide bonds. The summed E-state index contributed by atoms with van der Waals surface area (Å²) in [5.74, 6) is 1.78. The Morgan fingerprint density at radius 2 is 1.40 bits per heavy atom. The van der Waals surface area contributed by atoms with Crippen molar-refractivity contribution in [2.45, 2.75) is 20.8 Å². The van der Waals surface area contributed by atoms with Crippen LogP contribution in [0.4, 0.5) is 5.69 Å². The van der Waals surface area contributed by atoms with Crippen molar-refractivity contribution in [3.63, 3.8) is 0 Å². The number of rotatable bonds is 8. The number of ether oxygens (including phenoxy) is 3. The summed E-state index contributed by atoms with van der Waals surface area (Å²) in [6.45, 7) is 9.78. The SMILES string of the molecule is CCOc1cc(C(=O)N2CCN(c3ccc(O)cc3)CC2)cc(OCC)c1OCC. The minimum absolute atomic E-state index is 0.0506. The fraction of sp³-hybridized carbons (Fsp3) is 0.435. The number of aromatic hydroxyl groups is 1. The van der Waals surface area contributed by atoms with Crippen molar-refractivity contribution in [1.82, 2.24) is 4.90 Å². The molecule has 0 radical (unpaired) electrons. The smallest absolute Gasteiger partial charge is 0.254 e. The van der Waals surface area contributed by atoms with Crippen molar-refractivity contribution >= 4 is 11.6 Å². The van der Waals surface area contributed by atoms with E-state index in [2.05, 4.69) is 4.90 Å². The molecular weight excluding hydrogens is 384 g/mol. The van der Waals surface area contributed by atoms with Gasteiger partial charge in [-0.05, 0) is 57.2 Å². The third-order valence-electron chi connectivity index (χ3n) is 4.94. The molecule has 1 N–H and O–H groups in total. The molecular formula is C23H30N2O5. The predicted octanol–water partition coefficient (Wildman–Crippen LogP) is 3.55. The molecule has 0 atom stereocenters. The molecule has 0 aromatic heterocycles. The molecule has 0 aliphatic carbocycles. The van der Waals surface area contributed by atoms with E-state index in [0.29, 0.717) is 55.7 Å². The molecule has 7 nitrogen and oxygen atoms in total. The Balaban J connectivity index is 1.76. The second kappa shape index (κ2) is 10.1. The topological polar surface area (TPSA) is 71.5 Å². The van der Waals surface area contributed by atoms with Gasteiger partial charge in [0.1, 0.15) is 5.75 Å². The van der Waals surface area contributed by atoms with Crippen LogP contribution in [-0.4, -0.2) is 61.9 Å². The van der Waals surface area contributed by atoms with Crippen molar-refractivity contribution in [2.24, 2.45) is 0 Å². The van der Waals surface area contributed by atoms with E-state index in [9.17, 15) is 9.90 Å². The largest absolute Gasteiger partial charge is 0.508 e. The number of hydrogen-bond acceptors (Lipinski definition) is 6. The molecule has 1 fully saturated rings. The molecule has 162 valence electrons. The van der Waals surface area contributed by atoms with E-state index >= 15 is 0 Å². The van der Waals surface area contributed by atoms with Gasteiger partial charge >= 0.3 is 0 Å². The third-order valence-corrected chi connectivity index (χ3v) is 4.94. The first-order valence-corrected chi connectivity index (χ1v) is 10.5. The lowest BCUT2D eigenvalue weighted by Crippen LogP contribution is -2.48. The van der Waals surface area contributed by atoms with Crippen molar-refractivity contribution in [3.8, 4) is 23.0 Å². The Morgan fingerprint density at radius 3 is 1.90 bits per heavy atom. The molecule has 7 heteroatoms. The minimum atomic E-state index is -0.0506. The van der Waals surface area contributed by atoms with Gasteiger partial charge in [-0.15, -0.1) is 0 Å². The summed E-state index contributed by atoms with van der Waals surface area (Å²) in [4.78, 5) is 17.2. The van der Waals surface area contributed by atoms with Gasteiger partial charge in [0.15, 0.2) is 11.5 Å². The Morgan fingerprint density at radius 1 is 0.867 bits per heavy atom. The van der Waals surface area contributed by atoms with Gasteiger partial charge in [-0.1, -0.05) is 0 Å². The summed E-state index contributed by atoms with van der Waals surface area (Å²) in [6, 6.07) is 10.6. The van der Waals surface area contributed by atoms with Crippen LogP contribution >= 0.6 is 0 Å². The first-order chi connectivity index (χ1) is 14.6. The highest BCUT2D eigenvalue weighted by Crippen LogP contribution is 2.39. The number of phenolic OH excluding ortho intramolecular Hbond substituents is 1. The van der Waals surface area contributed by atoms with Crippen LogP contribution in [0.1, 0.15) is 31.1 Å². The summed E-state index contributed by atoms with van der Waals surface area (Å²) in [6.07, 6.45) is 0. The highest BCUT2D eigenvalue weighted by Gasteiger charge is 2.25. The fourth-order valence-electron chi connectivity index (χ4n) is 3.53. The average Bonchev–Trinajstić information content (AvgIpc) is 2.76. The Hall–Kier alpha value is -3.09. The highest BCUT2D eigenvalue weighted by atomic mass is 16.5. The summed E-state index contributed by atoms with van der Waals surface area (Å²) in [7, 11) is 0. The van der Waals surface area contributed by atoms with Crippen LogP contribution in [0.15, 0.2) is 36.4 Å². The number of benzene rings is 2. The number of hydrogen-bond donors (Lipinski definition) is 1. The minimum Gasteiger partial charge on any atom is -0.508 e. The molecule has 1 heterocycles. The lowest BCUT2D eigenvalue weighted by molar-refractivity contribution is 0.0745. The van der Waals surface area contributed by atoms with E-state index in [-0.39, 0.29) is 11.7 Å². The van der Waals surface area contributed by atoms with Gasteiger partial charge in [0.05, 0.1) is 19.8 Å². The molecule has 1 aliphatic rings. The molecule has 30 heavy (non-hydrogen) atoms. The van der Waals surface area contributed by atoms with Crippen LogP contribution in [0, 0.1) is 0 Å². The van der Waals surface area contributed by atoms with E-state index < -0.39 is 0 Å². The highest BCUT2D eigenvalue weighted by molar-refractivity contribution is 5.95. The number of carbonyl (C=O) groups excluding carboxylic acids is 1. The molecule has 2 aromatic carbocycles. The molecule has 0 bridgehead atoms. The molecule has 1 aliphatic heterocycles. The zero-order chi connectivity index (χ0) is 21.5. The zero-order valence-corrected chi connectivity index (χ0v) is 17.9. The van der Waals surface area contributed by atoms with Gasteiger partial charge in [-0.2, -0.15) is 0 Å². The van der Waals surface area contributed by atoms with Gasteiger partial charge in [0.25, 0.3) is 5.91 Å². The van der Waals surface area contributed by atoms with Crippen molar-refractivity contribution in [2.75, 3.05) is 50.9 Å². The molecule has 0 saturated carbocycles. The zero-order valence-electron chi connectivity index (χ0n) is 17.9. The van der Waals surface area contributed by atoms with Gasteiger partial charge in [0, 0.05) is 37.4 Å². The number of nitrogens with zero attached hydrogens (tertiary/aromatic N) is 2. The number of phenols is 1. The monoisotopic (exact) mass is 414 g/mol. The fourth-order valence-corrected chi connectivity index (χ4v) is 3.53. The summed E-state index contributed by atoms with van der Waals surface area (Å²) < 4.78 is 17.2. The van der Waals surface area contributed by atoms with Crippen LogP contribution in [0.3, 0.4) is 0 Å². The summed E-state index contributed by atoms with van der Waals surface area (Å²) in [5.41, 5.74) is 1.57. The maximum atomic E-state index is 13.2. The first-order valence-electron chi connectivity index (χ1n) is 10.5. The maximum Gasteiger partial charge on any atom is 0.254 e. The summed E-state index contributed by atoms with van der Waals surface area (Å²) >= 11 is 0. The van der Waals surface area contributed by atoms with Gasteiger partial charge in [0.2, 0.25) is 5.75 Å². The molecule has 1 saturated heterocycles. The van der Waals surface area contributed by atoms with Crippen LogP contribution in [0.5, 0.6) is 23.0 Å². The van der Waals surface area contributed by atoms with Crippen molar-refractivity contribution < 1.29 is 24.1 Å². The third kappa shape index (κ3) is 4.90. The number of amides is 1. The second-order valence-corrected chi connectivity index (χ2v) is 6.90. The first kappa shape index (κ1) is 21.6. The van der Waals surface area contributed by atoms with E-state index in [1.165, 1.54) is 0 Å². The Kier molecular flexibility index (Phi) is 7.27. The quantitative estimate of drug-likeness (QED) is 0.712. The number of carbonyl (C=O) groups is 1. The van der Waals surface area contributed by atoms with Crippen molar-refractivity contribution in [1.29, 1.82) is 0 Å². The predicted molar refractivity (Wildman–Crippen MR) is 116 cm³/mol. The lowest BCUT2D eigenvalue weighted by atomic mass is 10.1. The normalized spacial score (nSPS) is 13.8. The molecule has 2 aromatic rings. The maximum absolute atomic E-state index is 13.2.